The van der Waals surface area contributed by atoms with Gasteiger partial charge in [-0.2, -0.15) is 11.8 Å². The van der Waals surface area contributed by atoms with Crippen molar-refractivity contribution >= 4 is 11.8 Å². The third kappa shape index (κ3) is 5.20. The van der Waals surface area contributed by atoms with Gasteiger partial charge in [-0.05, 0) is 33.2 Å². The van der Waals surface area contributed by atoms with E-state index < -0.39 is 0 Å². The van der Waals surface area contributed by atoms with Crippen LogP contribution in [0.1, 0.15) is 13.3 Å². The molecule has 0 aliphatic carbocycles. The molecule has 90 valence electrons. The van der Waals surface area contributed by atoms with Crippen LogP contribution in [0.2, 0.25) is 0 Å². The second-order valence-corrected chi connectivity index (χ2v) is 5.21. The molecule has 0 aromatic heterocycles. The average molecular weight is 232 g/mol. The lowest BCUT2D eigenvalue weighted by molar-refractivity contribution is 0.0699. The lowest BCUT2D eigenvalue weighted by Gasteiger charge is -2.28. The highest BCUT2D eigenvalue weighted by atomic mass is 32.2. The Kier molecular flexibility index (Phi) is 6.64. The van der Waals surface area contributed by atoms with Gasteiger partial charge in [0.2, 0.25) is 0 Å². The number of nitrogens with zero attached hydrogens (tertiary/aromatic N) is 1. The Hall–Kier alpha value is 0.230. The number of rotatable bonds is 6. The molecule has 2 atom stereocenters. The molecule has 1 aliphatic heterocycles. The van der Waals surface area contributed by atoms with Crippen molar-refractivity contribution in [1.29, 1.82) is 0 Å². The van der Waals surface area contributed by atoms with Gasteiger partial charge in [-0.3, -0.25) is 0 Å². The van der Waals surface area contributed by atoms with E-state index in [-0.39, 0.29) is 0 Å². The van der Waals surface area contributed by atoms with Gasteiger partial charge in [0.15, 0.2) is 0 Å². The van der Waals surface area contributed by atoms with Crippen molar-refractivity contribution < 1.29 is 4.74 Å². The van der Waals surface area contributed by atoms with Crippen molar-refractivity contribution in [2.75, 3.05) is 45.4 Å². The molecule has 4 heteroatoms. The van der Waals surface area contributed by atoms with Gasteiger partial charge in [-0.15, -0.1) is 0 Å². The molecule has 0 aromatic carbocycles. The molecule has 3 nitrogen and oxygen atoms in total. The van der Waals surface area contributed by atoms with Crippen LogP contribution in [0, 0.1) is 0 Å². The molecule has 0 saturated carbocycles. The predicted molar refractivity (Wildman–Crippen MR) is 67.7 cm³/mol. The molecule has 15 heavy (non-hydrogen) atoms. The van der Waals surface area contributed by atoms with E-state index in [1.165, 1.54) is 12.2 Å². The third-order valence-electron chi connectivity index (χ3n) is 2.99. The number of nitrogens with one attached hydrogen (secondary N) is 1. The normalized spacial score (nSPS) is 24.4. The van der Waals surface area contributed by atoms with Crippen molar-refractivity contribution in [1.82, 2.24) is 10.2 Å². The first-order chi connectivity index (χ1) is 7.24. The Bertz CT molecular complexity index is 163. The van der Waals surface area contributed by atoms with E-state index in [9.17, 15) is 0 Å². The second-order valence-electron chi connectivity index (χ2n) is 4.30. The van der Waals surface area contributed by atoms with E-state index in [4.69, 9.17) is 4.74 Å². The average Bonchev–Trinajstić information content (AvgIpc) is 2.27. The van der Waals surface area contributed by atoms with Crippen LogP contribution in [-0.4, -0.2) is 62.3 Å². The molecule has 2 unspecified atom stereocenters. The van der Waals surface area contributed by atoms with Crippen LogP contribution in [0.5, 0.6) is 0 Å². The van der Waals surface area contributed by atoms with Crippen molar-refractivity contribution in [3.05, 3.63) is 0 Å². The van der Waals surface area contributed by atoms with Gasteiger partial charge < -0.3 is 15.0 Å². The van der Waals surface area contributed by atoms with Gasteiger partial charge in [0.05, 0.1) is 13.2 Å². The highest BCUT2D eigenvalue weighted by Crippen LogP contribution is 2.06. The van der Waals surface area contributed by atoms with Crippen molar-refractivity contribution in [2.24, 2.45) is 0 Å². The van der Waals surface area contributed by atoms with Crippen LogP contribution in [-0.2, 0) is 4.74 Å². The molecular weight excluding hydrogens is 208 g/mol. The van der Waals surface area contributed by atoms with E-state index in [1.807, 2.05) is 11.8 Å². The zero-order chi connectivity index (χ0) is 11.1. The van der Waals surface area contributed by atoms with Crippen LogP contribution in [0.4, 0.5) is 0 Å². The summed E-state index contributed by atoms with van der Waals surface area (Å²) in [6.07, 6.45) is 3.36. The maximum absolute atomic E-state index is 5.44. The molecule has 1 heterocycles. The van der Waals surface area contributed by atoms with Crippen LogP contribution in [0.3, 0.4) is 0 Å². The molecule has 0 amide bonds. The molecule has 1 rings (SSSR count). The summed E-state index contributed by atoms with van der Waals surface area (Å²) < 4.78 is 5.44. The monoisotopic (exact) mass is 232 g/mol. The summed E-state index contributed by atoms with van der Waals surface area (Å²) in [5.74, 6) is 1.21. The van der Waals surface area contributed by atoms with E-state index in [2.05, 4.69) is 30.4 Å². The first-order valence-electron chi connectivity index (χ1n) is 5.74. The Balaban J connectivity index is 2.11. The highest BCUT2D eigenvalue weighted by molar-refractivity contribution is 7.98. The maximum Gasteiger partial charge on any atom is 0.0620 e. The predicted octanol–water partition coefficient (Wildman–Crippen LogP) is 1.05. The second kappa shape index (κ2) is 7.49. The molecule has 1 N–H and O–H groups in total. The summed E-state index contributed by atoms with van der Waals surface area (Å²) in [5.41, 5.74) is 0. The maximum atomic E-state index is 5.44. The molecule has 0 radical (unpaired) electrons. The standard InChI is InChI=1S/C11H24N2OS/c1-10(9-15-3)13(2)6-4-11-8-14-7-5-12-11/h10-12H,4-9H2,1-3H3. The highest BCUT2D eigenvalue weighted by Gasteiger charge is 2.15. The summed E-state index contributed by atoms with van der Waals surface area (Å²) in [6.45, 7) is 6.21. The van der Waals surface area contributed by atoms with Gasteiger partial charge >= 0.3 is 0 Å². The quantitative estimate of drug-likeness (QED) is 0.740. The molecule has 0 aromatic rings. The molecule has 1 fully saturated rings. The SMILES string of the molecule is CSCC(C)N(C)CCC1COCCN1. The van der Waals surface area contributed by atoms with Crippen molar-refractivity contribution in [3.8, 4) is 0 Å². The molecule has 1 saturated heterocycles. The van der Waals surface area contributed by atoms with E-state index >= 15 is 0 Å². The lowest BCUT2D eigenvalue weighted by atomic mass is 10.2. The Morgan fingerprint density at radius 2 is 2.40 bits per heavy atom. The molecule has 1 aliphatic rings. The Labute approximate surface area is 97.9 Å². The minimum absolute atomic E-state index is 0.558. The van der Waals surface area contributed by atoms with Crippen molar-refractivity contribution in [2.45, 2.75) is 25.4 Å². The van der Waals surface area contributed by atoms with Crippen LogP contribution < -0.4 is 5.32 Å². The summed E-state index contributed by atoms with van der Waals surface area (Å²) >= 11 is 1.92. The van der Waals surface area contributed by atoms with Gasteiger partial charge in [0.1, 0.15) is 0 Å². The zero-order valence-electron chi connectivity index (χ0n) is 10.2. The number of ether oxygens (including phenoxy) is 1. The number of hydrogen-bond acceptors (Lipinski definition) is 4. The first kappa shape index (κ1) is 13.3. The summed E-state index contributed by atoms with van der Waals surface area (Å²) in [7, 11) is 2.21. The lowest BCUT2D eigenvalue weighted by Crippen LogP contribution is -2.44. The zero-order valence-corrected chi connectivity index (χ0v) is 11.0. The van der Waals surface area contributed by atoms with Crippen LogP contribution in [0.25, 0.3) is 0 Å². The van der Waals surface area contributed by atoms with Gasteiger partial charge in [0, 0.05) is 24.4 Å². The smallest absolute Gasteiger partial charge is 0.0620 e. The van der Waals surface area contributed by atoms with Crippen LogP contribution in [0.15, 0.2) is 0 Å². The fourth-order valence-corrected chi connectivity index (χ4v) is 2.49. The fourth-order valence-electron chi connectivity index (χ4n) is 1.75. The van der Waals surface area contributed by atoms with Gasteiger partial charge in [-0.25, -0.2) is 0 Å². The summed E-state index contributed by atoms with van der Waals surface area (Å²) in [6, 6.07) is 1.23. The number of morpholine rings is 1. The minimum atomic E-state index is 0.558. The summed E-state index contributed by atoms with van der Waals surface area (Å²) in [4.78, 5) is 2.44. The number of hydrogen-bond donors (Lipinski definition) is 1. The Morgan fingerprint density at radius 1 is 1.60 bits per heavy atom. The summed E-state index contributed by atoms with van der Waals surface area (Å²) in [5, 5.41) is 3.49. The number of thioether (sulfide) groups is 1. The van der Waals surface area contributed by atoms with Gasteiger partial charge in [0.25, 0.3) is 0 Å². The molecule has 0 spiro atoms. The molecular formula is C11H24N2OS. The minimum Gasteiger partial charge on any atom is -0.379 e. The molecule has 0 bridgehead atoms. The van der Waals surface area contributed by atoms with E-state index in [1.54, 1.807) is 0 Å². The topological polar surface area (TPSA) is 24.5 Å². The van der Waals surface area contributed by atoms with Crippen molar-refractivity contribution in [3.63, 3.8) is 0 Å². The van der Waals surface area contributed by atoms with Gasteiger partial charge in [-0.1, -0.05) is 0 Å². The Morgan fingerprint density at radius 3 is 3.00 bits per heavy atom. The van der Waals surface area contributed by atoms with E-state index in [0.717, 1.165) is 26.3 Å². The first-order valence-corrected chi connectivity index (χ1v) is 7.13. The van der Waals surface area contributed by atoms with E-state index in [0.29, 0.717) is 12.1 Å². The third-order valence-corrected chi connectivity index (χ3v) is 3.80. The van der Waals surface area contributed by atoms with Crippen LogP contribution >= 0.6 is 11.8 Å². The fraction of sp³-hybridized carbons (Fsp3) is 1.00. The largest absolute Gasteiger partial charge is 0.379 e.